The highest BCUT2D eigenvalue weighted by Gasteiger charge is 2.15. The van der Waals surface area contributed by atoms with E-state index in [4.69, 9.17) is 4.11 Å². The number of aromatic nitrogens is 6. The van der Waals surface area contributed by atoms with Crippen LogP contribution in [0.5, 0.6) is 0 Å². The molecule has 0 bridgehead atoms. The smallest absolute Gasteiger partial charge is 0.245 e. The molecule has 0 fully saturated rings. The summed E-state index contributed by atoms with van der Waals surface area (Å²) in [5.74, 6) is 0. The Labute approximate surface area is 132 Å². The highest BCUT2D eigenvalue weighted by molar-refractivity contribution is 7.13. The standard InChI is InChI=1S/C14H10N6OS/c1-19-14(21)20-8-15-11(12(20)17-18-19)10-7-22-13(16-10)9-5-3-2-4-6-9/h2-8H,1H3/i1D3. The molecule has 3 aromatic heterocycles. The third-order valence-corrected chi connectivity index (χ3v) is 4.02. The number of imidazole rings is 1. The van der Waals surface area contributed by atoms with E-state index in [2.05, 4.69) is 20.3 Å². The van der Waals surface area contributed by atoms with Crippen molar-refractivity contribution in [3.63, 3.8) is 0 Å². The van der Waals surface area contributed by atoms with E-state index in [-0.39, 0.29) is 5.65 Å². The SMILES string of the molecule is [2H]C([2H])([2H])n1nnc2c(-c3csc(-c4ccccc4)n3)ncn2c1=O. The highest BCUT2D eigenvalue weighted by Crippen LogP contribution is 2.28. The molecule has 4 rings (SSSR count). The Bertz CT molecular complexity index is 1120. The molecule has 3 heterocycles. The second-order valence-electron chi connectivity index (χ2n) is 4.47. The van der Waals surface area contributed by atoms with Crippen LogP contribution in [-0.4, -0.2) is 29.4 Å². The Hall–Kier alpha value is -2.87. The molecule has 0 aliphatic rings. The maximum absolute atomic E-state index is 12.3. The first-order valence-electron chi connectivity index (χ1n) is 7.80. The predicted molar refractivity (Wildman–Crippen MR) is 82.6 cm³/mol. The Morgan fingerprint density at radius 1 is 1.27 bits per heavy atom. The van der Waals surface area contributed by atoms with Crippen LogP contribution in [0.3, 0.4) is 0 Å². The van der Waals surface area contributed by atoms with Gasteiger partial charge >= 0.3 is 5.69 Å². The average Bonchev–Trinajstić information content (AvgIpc) is 3.21. The zero-order valence-corrected chi connectivity index (χ0v) is 11.9. The summed E-state index contributed by atoms with van der Waals surface area (Å²) < 4.78 is 23.3. The van der Waals surface area contributed by atoms with Gasteiger partial charge in [-0.25, -0.2) is 19.2 Å². The number of aryl methyl sites for hydroxylation is 1. The fraction of sp³-hybridized carbons (Fsp3) is 0.0714. The second kappa shape index (κ2) is 4.85. The molecule has 0 amide bonds. The van der Waals surface area contributed by atoms with Crippen LogP contribution >= 0.6 is 11.3 Å². The van der Waals surface area contributed by atoms with E-state index in [1.54, 1.807) is 0 Å². The summed E-state index contributed by atoms with van der Waals surface area (Å²) in [5.41, 5.74) is 1.23. The average molecular weight is 313 g/mol. The van der Waals surface area contributed by atoms with E-state index < -0.39 is 12.7 Å². The molecular weight excluding hydrogens is 300 g/mol. The highest BCUT2D eigenvalue weighted by atomic mass is 32.1. The number of hydrogen-bond acceptors (Lipinski definition) is 6. The second-order valence-corrected chi connectivity index (χ2v) is 5.33. The molecule has 0 unspecified atom stereocenters. The molecular formula is C14H10N6OS. The summed E-state index contributed by atoms with van der Waals surface area (Å²) >= 11 is 1.44. The largest absolute Gasteiger partial charge is 0.352 e. The maximum atomic E-state index is 12.3. The molecule has 0 atom stereocenters. The number of rotatable bonds is 2. The van der Waals surface area contributed by atoms with Crippen LogP contribution < -0.4 is 5.69 Å². The molecule has 22 heavy (non-hydrogen) atoms. The molecule has 1 aromatic carbocycles. The lowest BCUT2D eigenvalue weighted by Gasteiger charge is -1.96. The van der Waals surface area contributed by atoms with E-state index in [1.165, 1.54) is 17.7 Å². The quantitative estimate of drug-likeness (QED) is 0.562. The first-order chi connectivity index (χ1) is 11.9. The van der Waals surface area contributed by atoms with E-state index in [0.29, 0.717) is 16.1 Å². The summed E-state index contributed by atoms with van der Waals surface area (Å²) in [4.78, 5) is 20.9. The van der Waals surface area contributed by atoms with Crippen molar-refractivity contribution in [1.29, 1.82) is 0 Å². The van der Waals surface area contributed by atoms with Gasteiger partial charge in [0.25, 0.3) is 0 Å². The van der Waals surface area contributed by atoms with Crippen molar-refractivity contribution >= 4 is 17.0 Å². The fourth-order valence-corrected chi connectivity index (χ4v) is 2.89. The Balaban J connectivity index is 1.83. The zero-order valence-electron chi connectivity index (χ0n) is 14.0. The Kier molecular flexibility index (Phi) is 2.19. The minimum Gasteiger partial charge on any atom is -0.245 e. The van der Waals surface area contributed by atoms with Gasteiger partial charge in [-0.15, -0.1) is 16.4 Å². The van der Waals surface area contributed by atoms with Gasteiger partial charge in [-0.3, -0.25) is 0 Å². The third-order valence-electron chi connectivity index (χ3n) is 3.13. The minimum absolute atomic E-state index is 0.162. The molecule has 4 aromatic rings. The summed E-state index contributed by atoms with van der Waals surface area (Å²) in [6, 6.07) is 9.66. The molecule has 0 saturated heterocycles. The molecule has 108 valence electrons. The van der Waals surface area contributed by atoms with Crippen LogP contribution in [-0.2, 0) is 6.98 Å². The van der Waals surface area contributed by atoms with Gasteiger partial charge in [0, 0.05) is 22.0 Å². The first-order valence-corrected chi connectivity index (χ1v) is 7.18. The van der Waals surface area contributed by atoms with Crippen molar-refractivity contribution in [2.75, 3.05) is 0 Å². The summed E-state index contributed by atoms with van der Waals surface area (Å²) in [6.45, 7) is -2.70. The van der Waals surface area contributed by atoms with Crippen molar-refractivity contribution in [3.8, 4) is 22.0 Å². The van der Waals surface area contributed by atoms with E-state index in [0.717, 1.165) is 15.0 Å². The van der Waals surface area contributed by atoms with Crippen molar-refractivity contribution < 1.29 is 4.11 Å². The van der Waals surface area contributed by atoms with Crippen LogP contribution in [0.15, 0.2) is 46.8 Å². The molecule has 0 N–H and O–H groups in total. The predicted octanol–water partition coefficient (Wildman–Crippen LogP) is 1.61. The molecule has 0 spiro atoms. The normalized spacial score (nSPS) is 13.7. The topological polar surface area (TPSA) is 78.0 Å². The van der Waals surface area contributed by atoms with Crippen LogP contribution in [0, 0.1) is 0 Å². The molecule has 0 aliphatic carbocycles. The summed E-state index contributed by atoms with van der Waals surface area (Å²) in [7, 11) is 0. The monoisotopic (exact) mass is 313 g/mol. The lowest BCUT2D eigenvalue weighted by atomic mass is 10.2. The summed E-state index contributed by atoms with van der Waals surface area (Å²) in [6.07, 6.45) is 1.23. The van der Waals surface area contributed by atoms with Gasteiger partial charge in [-0.2, -0.15) is 4.68 Å². The van der Waals surface area contributed by atoms with Gasteiger partial charge < -0.3 is 0 Å². The van der Waals surface area contributed by atoms with Crippen LogP contribution in [0.2, 0.25) is 0 Å². The van der Waals surface area contributed by atoms with Gasteiger partial charge in [0.05, 0.1) is 0 Å². The Morgan fingerprint density at radius 3 is 2.95 bits per heavy atom. The summed E-state index contributed by atoms with van der Waals surface area (Å²) in [5, 5.41) is 9.97. The number of benzene rings is 1. The first kappa shape index (κ1) is 9.96. The minimum atomic E-state index is -2.70. The maximum Gasteiger partial charge on any atom is 0.352 e. The Morgan fingerprint density at radius 2 is 2.14 bits per heavy atom. The molecule has 0 radical (unpaired) electrons. The van der Waals surface area contributed by atoms with Crippen molar-refractivity contribution in [1.82, 2.24) is 29.4 Å². The van der Waals surface area contributed by atoms with Gasteiger partial charge in [-0.1, -0.05) is 35.5 Å². The van der Waals surface area contributed by atoms with Crippen molar-refractivity contribution in [2.45, 2.75) is 0 Å². The molecule has 0 aliphatic heterocycles. The lowest BCUT2D eigenvalue weighted by Crippen LogP contribution is -2.26. The molecule has 7 nitrogen and oxygen atoms in total. The van der Waals surface area contributed by atoms with E-state index in [9.17, 15) is 4.79 Å². The van der Waals surface area contributed by atoms with Crippen LogP contribution in [0.1, 0.15) is 4.11 Å². The number of hydrogen-bond donors (Lipinski definition) is 0. The molecule has 8 heteroatoms. The van der Waals surface area contributed by atoms with Crippen molar-refractivity contribution in [3.05, 3.63) is 52.5 Å². The van der Waals surface area contributed by atoms with Gasteiger partial charge in [0.2, 0.25) is 0 Å². The van der Waals surface area contributed by atoms with E-state index >= 15 is 0 Å². The van der Waals surface area contributed by atoms with E-state index in [1.807, 2.05) is 35.7 Å². The number of fused-ring (bicyclic) bond motifs is 1. The fourth-order valence-electron chi connectivity index (χ4n) is 2.08. The van der Waals surface area contributed by atoms with Gasteiger partial charge in [0.1, 0.15) is 22.7 Å². The van der Waals surface area contributed by atoms with Crippen LogP contribution in [0.4, 0.5) is 0 Å². The lowest BCUT2D eigenvalue weighted by molar-refractivity contribution is 0.607. The zero-order chi connectivity index (χ0) is 17.6. The number of thiazole rings is 1. The molecule has 0 saturated carbocycles. The van der Waals surface area contributed by atoms with Gasteiger partial charge in [0.15, 0.2) is 5.65 Å². The van der Waals surface area contributed by atoms with Crippen LogP contribution in [0.25, 0.3) is 27.6 Å². The van der Waals surface area contributed by atoms with Crippen molar-refractivity contribution in [2.24, 2.45) is 6.98 Å². The van der Waals surface area contributed by atoms with Gasteiger partial charge in [-0.05, 0) is 0 Å². The third kappa shape index (κ3) is 1.92. The number of nitrogens with zero attached hydrogens (tertiary/aromatic N) is 6.